The molecule has 542 valence electrons. The fourth-order valence-electron chi connectivity index (χ4n) is 12.3. The summed E-state index contributed by atoms with van der Waals surface area (Å²) >= 11 is 0. The topological polar surface area (TPSA) is 373 Å². The normalized spacial score (nSPS) is 28.3. The van der Waals surface area contributed by atoms with Crippen LogP contribution in [0.2, 0.25) is 0 Å². The van der Waals surface area contributed by atoms with E-state index in [0.717, 1.165) is 64.7 Å². The molecule has 0 saturated carbocycles. The van der Waals surface area contributed by atoms with Crippen molar-refractivity contribution in [1.29, 1.82) is 0 Å². The van der Waals surface area contributed by atoms with Crippen LogP contribution >= 0.6 is 0 Å². The first kappa shape index (κ1) is 84.2. The molecule has 3 saturated heterocycles. The quantitative estimate of drug-likeness (QED) is 0.0215. The number of amides is 2. The van der Waals surface area contributed by atoms with Gasteiger partial charge < -0.3 is 100 Å². The van der Waals surface area contributed by atoms with E-state index < -0.39 is 155 Å². The van der Waals surface area contributed by atoms with Gasteiger partial charge in [-0.3, -0.25) is 9.59 Å². The van der Waals surface area contributed by atoms with E-state index >= 15 is 0 Å². The molecule has 0 bridgehead atoms. The van der Waals surface area contributed by atoms with Gasteiger partial charge in [-0.25, -0.2) is 4.79 Å². The van der Waals surface area contributed by atoms with Crippen molar-refractivity contribution < 1.29 is 104 Å². The first-order chi connectivity index (χ1) is 44.9. The standard InChI is InChI=1S/C70H126N2O21/c1-4-6-8-10-12-14-16-17-18-19-20-21-22-23-24-25-26-27-28-29-30-31-32-33-34-36-38-40-42-44-57(80)72-51(52(77)43-41-39-37-35-15-13-11-9-7-5-2)49-88-67-62(84)61(83)64(56(48-75)90-67)91-68-63(85)66(60(82)55(47-74)89-68)93-70(69(86)87)45-53(78)58(71-50(3)76)65(92-70)59(81)54(79)46-73/h20-21,23-24,41,43,51-56,58-68,73-75,77-79,81-85H,4-19,22,25-40,42,44-49H2,1-3H3,(H,71,76)(H,72,80)(H,86,87)/b21-20-,24-23-,43-41+. The van der Waals surface area contributed by atoms with Crippen LogP contribution in [0, 0.1) is 0 Å². The van der Waals surface area contributed by atoms with E-state index in [9.17, 15) is 75.7 Å². The smallest absolute Gasteiger partial charge is 0.364 e. The summed E-state index contributed by atoms with van der Waals surface area (Å²) in [5.41, 5.74) is 0. The maximum atomic E-state index is 13.4. The van der Waals surface area contributed by atoms with Crippen LogP contribution in [0.3, 0.4) is 0 Å². The molecule has 3 aliphatic heterocycles. The highest BCUT2D eigenvalue weighted by atomic mass is 16.8. The number of nitrogens with one attached hydrogen (secondary N) is 2. The van der Waals surface area contributed by atoms with Crippen LogP contribution in [-0.2, 0) is 42.8 Å². The largest absolute Gasteiger partial charge is 0.477 e. The number of aliphatic carboxylic acids is 1. The fourth-order valence-corrected chi connectivity index (χ4v) is 12.3. The molecular weight excluding hydrogens is 1200 g/mol. The Bertz CT molecular complexity index is 2020. The average molecular weight is 1330 g/mol. The number of carboxylic acids is 1. The minimum atomic E-state index is -3.08. The van der Waals surface area contributed by atoms with Gasteiger partial charge in [-0.1, -0.05) is 217 Å². The summed E-state index contributed by atoms with van der Waals surface area (Å²) in [5, 5.41) is 136. The number of aliphatic hydroxyl groups is 11. The Morgan fingerprint density at radius 3 is 1.52 bits per heavy atom. The number of aliphatic hydroxyl groups excluding tert-OH is 11. The maximum absolute atomic E-state index is 13.4. The summed E-state index contributed by atoms with van der Waals surface area (Å²) in [6.07, 6.45) is 23.7. The lowest BCUT2D eigenvalue weighted by Crippen LogP contribution is -2.70. The lowest BCUT2D eigenvalue weighted by Gasteiger charge is -2.50. The highest BCUT2D eigenvalue weighted by Crippen LogP contribution is 2.39. The number of ether oxygens (including phenoxy) is 6. The molecule has 23 nitrogen and oxygen atoms in total. The van der Waals surface area contributed by atoms with Gasteiger partial charge in [0.2, 0.25) is 11.8 Å². The number of allylic oxidation sites excluding steroid dienone is 5. The van der Waals surface area contributed by atoms with E-state index in [-0.39, 0.29) is 12.3 Å². The minimum Gasteiger partial charge on any atom is -0.477 e. The summed E-state index contributed by atoms with van der Waals surface area (Å²) in [6.45, 7) is 2.10. The van der Waals surface area contributed by atoms with Crippen LogP contribution < -0.4 is 10.6 Å². The highest BCUT2D eigenvalue weighted by Gasteiger charge is 2.60. The lowest BCUT2D eigenvalue weighted by atomic mass is 9.88. The zero-order chi connectivity index (χ0) is 68.2. The van der Waals surface area contributed by atoms with Crippen molar-refractivity contribution in [3.05, 3.63) is 36.5 Å². The Labute approximate surface area is 555 Å². The van der Waals surface area contributed by atoms with Gasteiger partial charge in [0.05, 0.1) is 50.7 Å². The zero-order valence-corrected chi connectivity index (χ0v) is 56.6. The van der Waals surface area contributed by atoms with Gasteiger partial charge >= 0.3 is 5.97 Å². The van der Waals surface area contributed by atoms with Crippen molar-refractivity contribution in [3.8, 4) is 0 Å². The molecule has 23 heteroatoms. The number of hydrogen-bond donors (Lipinski definition) is 14. The van der Waals surface area contributed by atoms with Crippen LogP contribution in [0.15, 0.2) is 36.5 Å². The summed E-state index contributed by atoms with van der Waals surface area (Å²) in [7, 11) is 0. The molecule has 93 heavy (non-hydrogen) atoms. The molecule has 3 aliphatic rings. The molecule has 2 amide bonds. The zero-order valence-electron chi connectivity index (χ0n) is 56.6. The molecular formula is C70H126N2O21. The third-order valence-electron chi connectivity index (χ3n) is 18.1. The van der Waals surface area contributed by atoms with E-state index in [1.807, 2.05) is 6.08 Å². The van der Waals surface area contributed by atoms with E-state index in [1.165, 1.54) is 148 Å². The van der Waals surface area contributed by atoms with Crippen molar-refractivity contribution >= 4 is 17.8 Å². The van der Waals surface area contributed by atoms with Gasteiger partial charge in [0, 0.05) is 19.8 Å². The predicted molar refractivity (Wildman–Crippen MR) is 352 cm³/mol. The van der Waals surface area contributed by atoms with Crippen molar-refractivity contribution in [3.63, 3.8) is 0 Å². The van der Waals surface area contributed by atoms with Crippen molar-refractivity contribution in [2.24, 2.45) is 0 Å². The lowest BCUT2D eigenvalue weighted by molar-refractivity contribution is -0.386. The first-order valence-corrected chi connectivity index (χ1v) is 35.9. The van der Waals surface area contributed by atoms with Crippen LogP contribution in [0.4, 0.5) is 0 Å². The average Bonchev–Trinajstić information content (AvgIpc) is 0.778. The molecule has 0 aromatic rings. The second-order valence-corrected chi connectivity index (χ2v) is 26.1. The summed E-state index contributed by atoms with van der Waals surface area (Å²) in [6, 6.07) is -2.62. The van der Waals surface area contributed by atoms with Crippen LogP contribution in [0.25, 0.3) is 0 Å². The minimum absolute atomic E-state index is 0.198. The fraction of sp³-hybridized carbons (Fsp3) is 0.871. The predicted octanol–water partition coefficient (Wildman–Crippen LogP) is 7.01. The van der Waals surface area contributed by atoms with Crippen LogP contribution in [0.1, 0.15) is 252 Å². The Balaban J connectivity index is 1.50. The molecule has 0 radical (unpaired) electrons. The SMILES string of the molecule is CCCCCCCCCC/C=C/C(O)C(COC1OC(CO)C(OC2OC(CO)C(O)C(OC3(C(=O)O)CC(O)C(NC(C)=O)C(C(O)C(O)CO)O3)C2O)C(O)C1O)NC(=O)CCCCCCCCCCCCCCC/C=C\C/C=C\CCCCCCCCCCC. The molecule has 0 aromatic heterocycles. The molecule has 0 spiro atoms. The number of rotatable bonds is 54. The third kappa shape index (κ3) is 32.5. The molecule has 0 aromatic carbocycles. The third-order valence-corrected chi connectivity index (χ3v) is 18.1. The van der Waals surface area contributed by atoms with Gasteiger partial charge in [-0.05, 0) is 51.4 Å². The van der Waals surface area contributed by atoms with Gasteiger partial charge in [-0.15, -0.1) is 0 Å². The molecule has 18 unspecified atom stereocenters. The van der Waals surface area contributed by atoms with E-state index in [4.69, 9.17) is 28.4 Å². The molecule has 14 N–H and O–H groups in total. The van der Waals surface area contributed by atoms with Gasteiger partial charge in [0.25, 0.3) is 5.79 Å². The second kappa shape index (κ2) is 50.3. The highest BCUT2D eigenvalue weighted by molar-refractivity contribution is 5.77. The van der Waals surface area contributed by atoms with Gasteiger partial charge in [0.15, 0.2) is 12.6 Å². The number of unbranched alkanes of at least 4 members (excludes halogenated alkanes) is 30. The molecule has 0 aliphatic carbocycles. The number of carboxylic acid groups (broad SMARTS) is 1. The Hall–Kier alpha value is -3.05. The summed E-state index contributed by atoms with van der Waals surface area (Å²) in [5.74, 6) is -6.15. The van der Waals surface area contributed by atoms with Crippen LogP contribution in [0.5, 0.6) is 0 Å². The Kier molecular flexibility index (Phi) is 45.5. The van der Waals surface area contributed by atoms with Crippen molar-refractivity contribution in [2.75, 3.05) is 26.4 Å². The van der Waals surface area contributed by atoms with Crippen LogP contribution in [-0.4, -0.2) is 215 Å². The van der Waals surface area contributed by atoms with Crippen molar-refractivity contribution in [2.45, 2.75) is 362 Å². The Morgan fingerprint density at radius 1 is 0.570 bits per heavy atom. The summed E-state index contributed by atoms with van der Waals surface area (Å²) in [4.78, 5) is 38.5. The summed E-state index contributed by atoms with van der Waals surface area (Å²) < 4.78 is 34.7. The number of carbonyl (C=O) groups excluding carboxylic acids is 2. The van der Waals surface area contributed by atoms with Crippen molar-refractivity contribution in [1.82, 2.24) is 10.6 Å². The monoisotopic (exact) mass is 1330 g/mol. The van der Waals surface area contributed by atoms with Gasteiger partial charge in [0.1, 0.15) is 67.1 Å². The Morgan fingerprint density at radius 2 is 1.04 bits per heavy atom. The van der Waals surface area contributed by atoms with E-state index in [2.05, 4.69) is 48.8 Å². The second-order valence-electron chi connectivity index (χ2n) is 26.1. The maximum Gasteiger partial charge on any atom is 0.364 e. The molecule has 3 fully saturated rings. The molecule has 3 heterocycles. The number of hydrogen-bond acceptors (Lipinski definition) is 20. The van der Waals surface area contributed by atoms with E-state index in [0.29, 0.717) is 12.8 Å². The number of carbonyl (C=O) groups is 3. The molecule has 18 atom stereocenters. The molecule has 3 rings (SSSR count). The van der Waals surface area contributed by atoms with Gasteiger partial charge in [-0.2, -0.15) is 0 Å². The first-order valence-electron chi connectivity index (χ1n) is 35.9. The van der Waals surface area contributed by atoms with E-state index in [1.54, 1.807) is 6.08 Å².